The van der Waals surface area contributed by atoms with Crippen molar-refractivity contribution in [3.8, 4) is 5.75 Å². The Morgan fingerprint density at radius 1 is 1.46 bits per heavy atom. The molecule has 6 nitrogen and oxygen atoms in total. The molecule has 2 heterocycles. The highest BCUT2D eigenvalue weighted by Gasteiger charge is 2.30. The summed E-state index contributed by atoms with van der Waals surface area (Å²) in [5.74, 6) is -2.00. The number of nitrogens with zero attached hydrogens (tertiary/aromatic N) is 1. The van der Waals surface area contributed by atoms with E-state index in [2.05, 4.69) is 10.3 Å². The Morgan fingerprint density at radius 3 is 2.92 bits per heavy atom. The first-order chi connectivity index (χ1) is 12.4. The number of nitrogens with one attached hydrogen (secondary N) is 1. The van der Waals surface area contributed by atoms with E-state index < -0.39 is 17.7 Å². The second-order valence-electron chi connectivity index (χ2n) is 5.76. The van der Waals surface area contributed by atoms with E-state index in [1.54, 1.807) is 6.92 Å². The fraction of sp³-hybridized carbons (Fsp3) is 0.278. The SMILES string of the molecule is CCOC(=O)c1nc(Cc2ccc(F)c(Cl)c2)c(O)c2c1CCNC2=O. The van der Waals surface area contributed by atoms with Gasteiger partial charge in [-0.2, -0.15) is 0 Å². The second-order valence-corrected chi connectivity index (χ2v) is 6.17. The maximum absolute atomic E-state index is 13.3. The molecule has 26 heavy (non-hydrogen) atoms. The van der Waals surface area contributed by atoms with E-state index >= 15 is 0 Å². The van der Waals surface area contributed by atoms with Crippen LogP contribution in [0.15, 0.2) is 18.2 Å². The van der Waals surface area contributed by atoms with Gasteiger partial charge in [-0.05, 0) is 31.0 Å². The molecule has 1 aliphatic rings. The summed E-state index contributed by atoms with van der Waals surface area (Å²) in [5, 5.41) is 13.1. The summed E-state index contributed by atoms with van der Waals surface area (Å²) in [6.07, 6.45) is 0.428. The Bertz CT molecular complexity index is 901. The van der Waals surface area contributed by atoms with E-state index in [1.165, 1.54) is 18.2 Å². The number of hydrogen-bond acceptors (Lipinski definition) is 5. The Morgan fingerprint density at radius 2 is 2.23 bits per heavy atom. The molecule has 1 amide bonds. The predicted molar refractivity (Wildman–Crippen MR) is 92.1 cm³/mol. The standard InChI is InChI=1S/C18H16ClFN2O4/c1-2-26-18(25)15-10-5-6-21-17(24)14(10)16(23)13(22-15)8-9-3-4-12(20)11(19)7-9/h3-4,7,23H,2,5-6,8H2,1H3,(H,21,24). The minimum Gasteiger partial charge on any atom is -0.505 e. The number of hydrogen-bond donors (Lipinski definition) is 2. The number of amides is 1. The van der Waals surface area contributed by atoms with Gasteiger partial charge < -0.3 is 15.2 Å². The minimum absolute atomic E-state index is 0.0118. The van der Waals surface area contributed by atoms with Gasteiger partial charge >= 0.3 is 5.97 Å². The Kier molecular flexibility index (Phi) is 5.08. The van der Waals surface area contributed by atoms with Gasteiger partial charge in [0.25, 0.3) is 5.91 Å². The van der Waals surface area contributed by atoms with Crippen molar-refractivity contribution in [1.29, 1.82) is 0 Å². The number of aromatic nitrogens is 1. The molecular weight excluding hydrogens is 363 g/mol. The number of benzene rings is 1. The zero-order valence-corrected chi connectivity index (χ0v) is 14.7. The largest absolute Gasteiger partial charge is 0.505 e. The molecule has 0 fully saturated rings. The lowest BCUT2D eigenvalue weighted by Crippen LogP contribution is -2.34. The van der Waals surface area contributed by atoms with Gasteiger partial charge in [0.2, 0.25) is 0 Å². The number of aromatic hydroxyl groups is 1. The van der Waals surface area contributed by atoms with Crippen molar-refractivity contribution in [2.45, 2.75) is 19.8 Å². The molecule has 0 saturated carbocycles. The van der Waals surface area contributed by atoms with Gasteiger partial charge in [0, 0.05) is 18.5 Å². The first-order valence-electron chi connectivity index (χ1n) is 8.06. The van der Waals surface area contributed by atoms with Crippen molar-refractivity contribution in [2.75, 3.05) is 13.2 Å². The van der Waals surface area contributed by atoms with E-state index in [0.717, 1.165) is 0 Å². The first-order valence-corrected chi connectivity index (χ1v) is 8.44. The number of esters is 1. The summed E-state index contributed by atoms with van der Waals surface area (Å²) in [4.78, 5) is 28.7. The Balaban J connectivity index is 2.11. The second kappa shape index (κ2) is 7.29. The molecular formula is C18H16ClFN2O4. The van der Waals surface area contributed by atoms with Gasteiger partial charge in [-0.3, -0.25) is 4.79 Å². The Labute approximate surface area is 154 Å². The summed E-state index contributed by atoms with van der Waals surface area (Å²) in [6.45, 7) is 2.16. The van der Waals surface area contributed by atoms with Gasteiger partial charge in [0.15, 0.2) is 11.4 Å². The highest BCUT2D eigenvalue weighted by Crippen LogP contribution is 2.31. The lowest BCUT2D eigenvalue weighted by molar-refractivity contribution is 0.0517. The molecule has 1 aromatic heterocycles. The Hall–Kier alpha value is -2.67. The maximum atomic E-state index is 13.3. The first kappa shape index (κ1) is 18.1. The van der Waals surface area contributed by atoms with E-state index in [4.69, 9.17) is 16.3 Å². The van der Waals surface area contributed by atoms with E-state index in [1.807, 2.05) is 0 Å². The van der Waals surface area contributed by atoms with Crippen LogP contribution in [0.4, 0.5) is 4.39 Å². The monoisotopic (exact) mass is 378 g/mol. The summed E-state index contributed by atoms with van der Waals surface area (Å²) in [6, 6.07) is 4.10. The summed E-state index contributed by atoms with van der Waals surface area (Å²) >= 11 is 5.79. The van der Waals surface area contributed by atoms with Gasteiger partial charge in [-0.15, -0.1) is 0 Å². The fourth-order valence-corrected chi connectivity index (χ4v) is 3.08. The molecule has 136 valence electrons. The normalized spacial score (nSPS) is 13.1. The van der Waals surface area contributed by atoms with Crippen molar-refractivity contribution in [2.24, 2.45) is 0 Å². The molecule has 0 bridgehead atoms. The minimum atomic E-state index is -0.656. The van der Waals surface area contributed by atoms with Crippen LogP contribution in [-0.4, -0.2) is 35.1 Å². The maximum Gasteiger partial charge on any atom is 0.357 e. The van der Waals surface area contributed by atoms with Crippen LogP contribution in [0.2, 0.25) is 5.02 Å². The van der Waals surface area contributed by atoms with Crippen LogP contribution < -0.4 is 5.32 Å². The lowest BCUT2D eigenvalue weighted by atomic mass is 9.95. The van der Waals surface area contributed by atoms with Gasteiger partial charge in [-0.1, -0.05) is 17.7 Å². The average molecular weight is 379 g/mol. The van der Waals surface area contributed by atoms with Crippen LogP contribution in [-0.2, 0) is 17.6 Å². The number of rotatable bonds is 4. The number of carbonyl (C=O) groups is 2. The zero-order chi connectivity index (χ0) is 18.8. The van der Waals surface area contributed by atoms with Crippen molar-refractivity contribution >= 4 is 23.5 Å². The topological polar surface area (TPSA) is 88.5 Å². The molecule has 0 aliphatic carbocycles. The van der Waals surface area contributed by atoms with Crippen molar-refractivity contribution in [1.82, 2.24) is 10.3 Å². The molecule has 1 aliphatic heterocycles. The summed E-state index contributed by atoms with van der Waals surface area (Å²) in [7, 11) is 0. The summed E-state index contributed by atoms with van der Waals surface area (Å²) < 4.78 is 18.4. The molecule has 2 aromatic rings. The number of halogens is 2. The van der Waals surface area contributed by atoms with Crippen LogP contribution in [0.5, 0.6) is 5.75 Å². The van der Waals surface area contributed by atoms with Gasteiger partial charge in [0.1, 0.15) is 5.82 Å². The summed E-state index contributed by atoms with van der Waals surface area (Å²) in [5.41, 5.74) is 1.09. The molecule has 2 N–H and O–H groups in total. The third kappa shape index (κ3) is 3.35. The lowest BCUT2D eigenvalue weighted by Gasteiger charge is -2.21. The van der Waals surface area contributed by atoms with Gasteiger partial charge in [-0.25, -0.2) is 14.2 Å². The molecule has 0 radical (unpaired) electrons. The van der Waals surface area contributed by atoms with Crippen LogP contribution in [0, 0.1) is 5.82 Å². The van der Waals surface area contributed by atoms with Crippen LogP contribution in [0.3, 0.4) is 0 Å². The third-order valence-corrected chi connectivity index (χ3v) is 4.35. The predicted octanol–water partition coefficient (Wildman–Crippen LogP) is 2.63. The van der Waals surface area contributed by atoms with E-state index in [-0.39, 0.29) is 40.8 Å². The molecule has 1 aromatic carbocycles. The molecule has 0 spiro atoms. The van der Waals surface area contributed by atoms with Crippen molar-refractivity contribution in [3.05, 3.63) is 57.1 Å². The quantitative estimate of drug-likeness (QED) is 0.798. The number of fused-ring (bicyclic) bond motifs is 1. The molecule has 0 atom stereocenters. The van der Waals surface area contributed by atoms with E-state index in [0.29, 0.717) is 24.1 Å². The van der Waals surface area contributed by atoms with Crippen molar-refractivity contribution in [3.63, 3.8) is 0 Å². The number of ether oxygens (including phenoxy) is 1. The van der Waals surface area contributed by atoms with Crippen LogP contribution >= 0.6 is 11.6 Å². The molecule has 0 saturated heterocycles. The molecule has 3 rings (SSSR count). The highest BCUT2D eigenvalue weighted by atomic mass is 35.5. The van der Waals surface area contributed by atoms with Gasteiger partial charge in [0.05, 0.1) is 22.9 Å². The number of carbonyl (C=O) groups excluding carboxylic acids is 2. The number of pyridine rings is 1. The van der Waals surface area contributed by atoms with Crippen molar-refractivity contribution < 1.29 is 23.8 Å². The van der Waals surface area contributed by atoms with Crippen LogP contribution in [0.25, 0.3) is 0 Å². The molecule has 0 unspecified atom stereocenters. The fourth-order valence-electron chi connectivity index (χ4n) is 2.87. The van der Waals surface area contributed by atoms with E-state index in [9.17, 15) is 19.1 Å². The average Bonchev–Trinajstić information content (AvgIpc) is 2.60. The smallest absolute Gasteiger partial charge is 0.357 e. The zero-order valence-electron chi connectivity index (χ0n) is 13.9. The third-order valence-electron chi connectivity index (χ3n) is 4.06. The van der Waals surface area contributed by atoms with Crippen LogP contribution in [0.1, 0.15) is 44.6 Å². The molecule has 8 heteroatoms. The highest BCUT2D eigenvalue weighted by molar-refractivity contribution is 6.30.